The Kier molecular flexibility index (Phi) is 6.67. The average molecular weight is 369 g/mol. The predicted molar refractivity (Wildman–Crippen MR) is 108 cm³/mol. The van der Waals surface area contributed by atoms with Crippen molar-refractivity contribution >= 4 is 5.91 Å². The smallest absolute Gasteiger partial charge is 0.236 e. The van der Waals surface area contributed by atoms with Gasteiger partial charge in [0.1, 0.15) is 0 Å². The highest BCUT2D eigenvalue weighted by Gasteiger charge is 2.22. The number of likely N-dealkylation sites (N-methyl/N-ethyl adjacent to an activating group) is 1. The number of aryl methyl sites for hydroxylation is 3. The second kappa shape index (κ2) is 9.18. The van der Waals surface area contributed by atoms with Crippen molar-refractivity contribution in [1.82, 2.24) is 19.6 Å². The van der Waals surface area contributed by atoms with Crippen molar-refractivity contribution < 1.29 is 4.79 Å². The summed E-state index contributed by atoms with van der Waals surface area (Å²) < 4.78 is 1.77. The molecule has 1 saturated heterocycles. The van der Waals surface area contributed by atoms with Crippen LogP contribution in [0.25, 0.3) is 0 Å². The normalized spacial score (nSPS) is 15.8. The van der Waals surface area contributed by atoms with Crippen molar-refractivity contribution in [2.75, 3.05) is 26.7 Å². The molecule has 5 heteroatoms. The second-order valence-electron chi connectivity index (χ2n) is 8.02. The minimum absolute atomic E-state index is 0.192. The number of hydrogen-bond acceptors (Lipinski definition) is 3. The fourth-order valence-corrected chi connectivity index (χ4v) is 3.79. The van der Waals surface area contributed by atoms with E-state index in [1.54, 1.807) is 9.58 Å². The number of nitrogens with zero attached hydrogens (tertiary/aromatic N) is 4. The van der Waals surface area contributed by atoms with Crippen molar-refractivity contribution in [2.45, 2.75) is 39.2 Å². The number of carbonyl (C=O) groups is 1. The van der Waals surface area contributed by atoms with E-state index in [1.165, 1.54) is 30.4 Å². The van der Waals surface area contributed by atoms with E-state index in [0.717, 1.165) is 31.0 Å². The molecule has 0 bridgehead atoms. The number of carbonyl (C=O) groups excluding carboxylic acids is 1. The Morgan fingerprint density at radius 3 is 2.52 bits per heavy atom. The third kappa shape index (κ3) is 5.93. The van der Waals surface area contributed by atoms with Gasteiger partial charge in [0.2, 0.25) is 5.91 Å². The van der Waals surface area contributed by atoms with Crippen LogP contribution in [0.3, 0.4) is 0 Å². The zero-order valence-electron chi connectivity index (χ0n) is 16.9. The highest BCUT2D eigenvalue weighted by molar-refractivity contribution is 5.78. The Morgan fingerprint density at radius 2 is 1.89 bits per heavy atom. The zero-order valence-corrected chi connectivity index (χ0v) is 16.9. The molecule has 0 unspecified atom stereocenters. The molecule has 0 atom stereocenters. The number of rotatable bonds is 7. The van der Waals surface area contributed by atoms with Crippen LogP contribution in [0.5, 0.6) is 0 Å². The minimum atomic E-state index is 0.192. The second-order valence-corrected chi connectivity index (χ2v) is 8.02. The first-order valence-corrected chi connectivity index (χ1v) is 9.99. The number of amides is 1. The molecule has 1 aromatic heterocycles. The van der Waals surface area contributed by atoms with Gasteiger partial charge < -0.3 is 4.90 Å². The van der Waals surface area contributed by atoms with E-state index in [-0.39, 0.29) is 5.91 Å². The number of piperidine rings is 1. The molecule has 0 N–H and O–H groups in total. The SMILES string of the molecule is Cc1ccc(CCC2CCN(CC(=O)N(C)Cc3cnn(C)c3)CC2)cc1. The molecule has 27 heavy (non-hydrogen) atoms. The van der Waals surface area contributed by atoms with Crippen LogP contribution in [0, 0.1) is 12.8 Å². The molecule has 1 aliphatic rings. The summed E-state index contributed by atoms with van der Waals surface area (Å²) >= 11 is 0. The molecule has 2 aromatic rings. The van der Waals surface area contributed by atoms with Crippen LogP contribution in [0.1, 0.15) is 36.0 Å². The van der Waals surface area contributed by atoms with Crippen LogP contribution in [-0.2, 0) is 24.8 Å². The Labute approximate surface area is 163 Å². The van der Waals surface area contributed by atoms with Crippen LogP contribution in [0.2, 0.25) is 0 Å². The van der Waals surface area contributed by atoms with Gasteiger partial charge >= 0.3 is 0 Å². The van der Waals surface area contributed by atoms with Crippen molar-refractivity contribution in [3.05, 3.63) is 53.3 Å². The first-order valence-electron chi connectivity index (χ1n) is 9.99. The van der Waals surface area contributed by atoms with Crippen molar-refractivity contribution in [1.29, 1.82) is 0 Å². The predicted octanol–water partition coefficient (Wildman–Crippen LogP) is 3.03. The van der Waals surface area contributed by atoms with Crippen molar-refractivity contribution in [3.63, 3.8) is 0 Å². The molecule has 3 rings (SSSR count). The van der Waals surface area contributed by atoms with Crippen molar-refractivity contribution in [3.8, 4) is 0 Å². The lowest BCUT2D eigenvalue weighted by Gasteiger charge is -2.32. The fraction of sp³-hybridized carbons (Fsp3) is 0.545. The monoisotopic (exact) mass is 368 g/mol. The summed E-state index contributed by atoms with van der Waals surface area (Å²) in [5.74, 6) is 0.975. The van der Waals surface area contributed by atoms with Gasteiger partial charge in [-0.05, 0) is 57.2 Å². The number of aromatic nitrogens is 2. The first-order chi connectivity index (χ1) is 13.0. The summed E-state index contributed by atoms with van der Waals surface area (Å²) in [5.41, 5.74) is 3.84. The van der Waals surface area contributed by atoms with Gasteiger partial charge in [0, 0.05) is 32.4 Å². The van der Waals surface area contributed by atoms with E-state index < -0.39 is 0 Å². The molecule has 5 nitrogen and oxygen atoms in total. The molecule has 146 valence electrons. The van der Waals surface area contributed by atoms with Gasteiger partial charge in [-0.2, -0.15) is 5.10 Å². The van der Waals surface area contributed by atoms with Gasteiger partial charge in [0.05, 0.1) is 12.7 Å². The molecule has 0 radical (unpaired) electrons. The highest BCUT2D eigenvalue weighted by Crippen LogP contribution is 2.22. The summed E-state index contributed by atoms with van der Waals surface area (Å²) in [5, 5.41) is 4.16. The Hall–Kier alpha value is -2.14. The van der Waals surface area contributed by atoms with E-state index in [1.807, 2.05) is 26.5 Å². The maximum atomic E-state index is 12.5. The summed E-state index contributed by atoms with van der Waals surface area (Å²) in [6.07, 6.45) is 8.60. The third-order valence-corrected chi connectivity index (χ3v) is 5.63. The summed E-state index contributed by atoms with van der Waals surface area (Å²) in [6.45, 7) is 5.35. The molecule has 1 aliphatic heterocycles. The van der Waals surface area contributed by atoms with Gasteiger partial charge in [-0.25, -0.2) is 0 Å². The van der Waals surface area contributed by atoms with E-state index in [4.69, 9.17) is 0 Å². The number of likely N-dealkylation sites (tertiary alicyclic amines) is 1. The topological polar surface area (TPSA) is 41.4 Å². The van der Waals surface area contributed by atoms with Gasteiger partial charge in [-0.3, -0.25) is 14.4 Å². The summed E-state index contributed by atoms with van der Waals surface area (Å²) in [7, 11) is 3.78. The first kappa shape index (κ1) is 19.6. The van der Waals surface area contributed by atoms with E-state index in [9.17, 15) is 4.79 Å². The largest absolute Gasteiger partial charge is 0.340 e. The van der Waals surface area contributed by atoms with Gasteiger partial charge in [-0.1, -0.05) is 29.8 Å². The molecular weight excluding hydrogens is 336 g/mol. The van der Waals surface area contributed by atoms with Crippen molar-refractivity contribution in [2.24, 2.45) is 13.0 Å². The van der Waals surface area contributed by atoms with Crippen LogP contribution in [0.15, 0.2) is 36.7 Å². The quantitative estimate of drug-likeness (QED) is 0.754. The lowest BCUT2D eigenvalue weighted by atomic mass is 9.90. The van der Waals surface area contributed by atoms with E-state index >= 15 is 0 Å². The number of hydrogen-bond donors (Lipinski definition) is 0. The summed E-state index contributed by atoms with van der Waals surface area (Å²) in [4.78, 5) is 16.6. The molecule has 0 spiro atoms. The fourth-order valence-electron chi connectivity index (χ4n) is 3.79. The Morgan fingerprint density at radius 1 is 1.19 bits per heavy atom. The van der Waals surface area contributed by atoms with Crippen LogP contribution >= 0.6 is 0 Å². The Bertz CT molecular complexity index is 729. The highest BCUT2D eigenvalue weighted by atomic mass is 16.2. The maximum Gasteiger partial charge on any atom is 0.236 e. The molecule has 1 aromatic carbocycles. The standard InChI is InChI=1S/C22H32N4O/c1-18-4-6-19(7-5-18)8-9-20-10-12-26(13-11-20)17-22(27)24(2)15-21-14-23-25(3)16-21/h4-7,14,16,20H,8-13,15,17H2,1-3H3. The van der Waals surface area contributed by atoms with E-state index in [2.05, 4.69) is 41.2 Å². The van der Waals surface area contributed by atoms with Gasteiger partial charge in [-0.15, -0.1) is 0 Å². The molecule has 0 saturated carbocycles. The molecule has 2 heterocycles. The lowest BCUT2D eigenvalue weighted by Crippen LogP contribution is -2.42. The van der Waals surface area contributed by atoms with Crippen LogP contribution < -0.4 is 0 Å². The molecule has 1 amide bonds. The minimum Gasteiger partial charge on any atom is -0.340 e. The van der Waals surface area contributed by atoms with E-state index in [0.29, 0.717) is 13.1 Å². The number of benzene rings is 1. The van der Waals surface area contributed by atoms with Gasteiger partial charge in [0.15, 0.2) is 0 Å². The zero-order chi connectivity index (χ0) is 19.2. The lowest BCUT2D eigenvalue weighted by molar-refractivity contribution is -0.132. The van der Waals surface area contributed by atoms with Crippen LogP contribution in [0.4, 0.5) is 0 Å². The molecule has 1 fully saturated rings. The Balaban J connectivity index is 1.37. The van der Waals surface area contributed by atoms with Gasteiger partial charge in [0.25, 0.3) is 0 Å². The third-order valence-electron chi connectivity index (χ3n) is 5.63. The molecule has 0 aliphatic carbocycles. The average Bonchev–Trinajstić information content (AvgIpc) is 3.07. The summed E-state index contributed by atoms with van der Waals surface area (Å²) in [6, 6.07) is 8.90. The van der Waals surface area contributed by atoms with Crippen LogP contribution in [-0.4, -0.2) is 52.2 Å². The maximum absolute atomic E-state index is 12.5. The molecular formula is C22H32N4O.